The van der Waals surface area contributed by atoms with Gasteiger partial charge in [0.05, 0.1) is 17.8 Å². The highest BCUT2D eigenvalue weighted by Crippen LogP contribution is 2.39. The molecule has 10 heteroatoms. The third kappa shape index (κ3) is 5.62. The molecule has 33 heavy (non-hydrogen) atoms. The number of piperidine rings is 1. The van der Waals surface area contributed by atoms with E-state index >= 15 is 0 Å². The molecule has 3 rings (SSSR count). The summed E-state index contributed by atoms with van der Waals surface area (Å²) in [6, 6.07) is 14.1. The number of ether oxygens (including phenoxy) is 1. The molecule has 1 aliphatic heterocycles. The number of nitrogens with two attached hydrogens (primary N) is 1. The summed E-state index contributed by atoms with van der Waals surface area (Å²) in [6.45, 7) is 4.44. The summed E-state index contributed by atoms with van der Waals surface area (Å²) in [5, 5.41) is 1.80. The van der Waals surface area contributed by atoms with Gasteiger partial charge in [0.2, 0.25) is 0 Å². The standard InChI is InChI=1S/C23H30F3N3O3S/c1-16(2)32-21-12-11-20(28(3)33(30,31)23(24,25)26)15-19(21)14-18-10-7-13-29(27)22(18)17-8-5-4-6-9-17/h4-6,8-9,11-12,15-16,18,22H,7,10,13-14,27H2,1-3H3/t18-,22+/m0/s1. The maximum absolute atomic E-state index is 13.1. The average Bonchev–Trinajstić information content (AvgIpc) is 2.74. The topological polar surface area (TPSA) is 75.9 Å². The highest BCUT2D eigenvalue weighted by Gasteiger charge is 2.49. The summed E-state index contributed by atoms with van der Waals surface area (Å²) in [4.78, 5) is 0. The first-order chi connectivity index (χ1) is 15.4. The van der Waals surface area contributed by atoms with Gasteiger partial charge in [0.25, 0.3) is 0 Å². The van der Waals surface area contributed by atoms with E-state index in [0.29, 0.717) is 17.7 Å². The van der Waals surface area contributed by atoms with Crippen LogP contribution in [0.3, 0.4) is 0 Å². The molecule has 0 unspecified atom stereocenters. The van der Waals surface area contributed by atoms with Crippen LogP contribution in [0.25, 0.3) is 0 Å². The van der Waals surface area contributed by atoms with Crippen molar-refractivity contribution in [3.8, 4) is 5.75 Å². The number of alkyl halides is 3. The SMILES string of the molecule is CC(C)Oc1ccc(N(C)S(=O)(=O)C(F)(F)F)cc1C[C@@H]1CCCN(N)[C@@H]1c1ccccc1. The minimum Gasteiger partial charge on any atom is -0.491 e. The Morgan fingerprint density at radius 3 is 2.45 bits per heavy atom. The largest absolute Gasteiger partial charge is 0.516 e. The van der Waals surface area contributed by atoms with Crippen molar-refractivity contribution >= 4 is 15.7 Å². The molecule has 1 heterocycles. The van der Waals surface area contributed by atoms with Crippen LogP contribution in [-0.2, 0) is 16.4 Å². The minimum absolute atomic E-state index is 0.0699. The van der Waals surface area contributed by atoms with E-state index < -0.39 is 15.5 Å². The van der Waals surface area contributed by atoms with Crippen LogP contribution in [0.5, 0.6) is 5.75 Å². The van der Waals surface area contributed by atoms with Crippen LogP contribution in [0, 0.1) is 5.92 Å². The van der Waals surface area contributed by atoms with E-state index in [1.165, 1.54) is 18.2 Å². The highest BCUT2D eigenvalue weighted by atomic mass is 32.2. The van der Waals surface area contributed by atoms with Gasteiger partial charge >= 0.3 is 15.5 Å². The third-order valence-corrected chi connectivity index (χ3v) is 7.36. The van der Waals surface area contributed by atoms with Crippen LogP contribution in [0.4, 0.5) is 18.9 Å². The number of benzene rings is 2. The fourth-order valence-corrected chi connectivity index (χ4v) is 5.00. The number of hydrazine groups is 1. The Morgan fingerprint density at radius 2 is 1.85 bits per heavy atom. The highest BCUT2D eigenvalue weighted by molar-refractivity contribution is 7.93. The molecule has 1 saturated heterocycles. The summed E-state index contributed by atoms with van der Waals surface area (Å²) in [6.07, 6.45) is 2.07. The lowest BCUT2D eigenvalue weighted by Gasteiger charge is -2.39. The second kappa shape index (κ2) is 9.90. The van der Waals surface area contributed by atoms with Crippen molar-refractivity contribution in [1.82, 2.24) is 5.01 Å². The van der Waals surface area contributed by atoms with E-state index in [0.717, 1.165) is 32.0 Å². The second-order valence-corrected chi connectivity index (χ2v) is 10.5. The van der Waals surface area contributed by atoms with Gasteiger partial charge in [0.1, 0.15) is 5.75 Å². The number of halogens is 3. The molecular formula is C23H30F3N3O3S. The lowest BCUT2D eigenvalue weighted by atomic mass is 9.81. The normalized spacial score (nSPS) is 20.1. The zero-order valence-electron chi connectivity index (χ0n) is 18.9. The van der Waals surface area contributed by atoms with Crippen LogP contribution in [0.15, 0.2) is 48.5 Å². The Hall–Kier alpha value is -2.30. The molecule has 0 aliphatic carbocycles. The van der Waals surface area contributed by atoms with Crippen molar-refractivity contribution < 1.29 is 26.3 Å². The molecule has 0 bridgehead atoms. The van der Waals surface area contributed by atoms with Gasteiger partial charge in [0, 0.05) is 13.6 Å². The van der Waals surface area contributed by atoms with Gasteiger partial charge in [-0.1, -0.05) is 30.3 Å². The quantitative estimate of drug-likeness (QED) is 0.579. The van der Waals surface area contributed by atoms with Gasteiger partial charge in [0.15, 0.2) is 0 Å². The summed E-state index contributed by atoms with van der Waals surface area (Å²) >= 11 is 0. The Morgan fingerprint density at radius 1 is 1.18 bits per heavy atom. The fraction of sp³-hybridized carbons (Fsp3) is 0.478. The second-order valence-electron chi connectivity index (χ2n) is 8.58. The van der Waals surface area contributed by atoms with Gasteiger partial charge in [-0.2, -0.15) is 21.6 Å². The predicted molar refractivity (Wildman–Crippen MR) is 122 cm³/mol. The maximum Gasteiger partial charge on any atom is 0.516 e. The molecule has 0 radical (unpaired) electrons. The van der Waals surface area contributed by atoms with Crippen LogP contribution < -0.4 is 14.9 Å². The molecule has 182 valence electrons. The van der Waals surface area contributed by atoms with Crippen LogP contribution in [-0.4, -0.2) is 38.6 Å². The first-order valence-corrected chi connectivity index (χ1v) is 12.3. The molecule has 2 aromatic rings. The van der Waals surface area contributed by atoms with Crippen molar-refractivity contribution in [3.05, 3.63) is 59.7 Å². The molecule has 2 atom stereocenters. The van der Waals surface area contributed by atoms with Crippen molar-refractivity contribution in [1.29, 1.82) is 0 Å². The first kappa shape index (κ1) is 25.3. The lowest BCUT2D eigenvalue weighted by Crippen LogP contribution is -2.44. The third-order valence-electron chi connectivity index (χ3n) is 5.84. The van der Waals surface area contributed by atoms with Crippen molar-refractivity contribution in [3.63, 3.8) is 0 Å². The number of nitrogens with zero attached hydrogens (tertiary/aromatic N) is 2. The van der Waals surface area contributed by atoms with Crippen molar-refractivity contribution in [2.24, 2.45) is 11.8 Å². The zero-order chi connectivity index (χ0) is 24.4. The fourth-order valence-electron chi connectivity index (χ4n) is 4.30. The van der Waals surface area contributed by atoms with E-state index in [-0.39, 0.29) is 28.1 Å². The smallest absolute Gasteiger partial charge is 0.491 e. The Balaban J connectivity index is 2.00. The molecule has 1 aliphatic rings. The van der Waals surface area contributed by atoms with Gasteiger partial charge in [-0.15, -0.1) is 0 Å². The van der Waals surface area contributed by atoms with E-state index in [9.17, 15) is 21.6 Å². The van der Waals surface area contributed by atoms with E-state index in [1.54, 1.807) is 5.01 Å². The van der Waals surface area contributed by atoms with E-state index in [4.69, 9.17) is 10.6 Å². The summed E-state index contributed by atoms with van der Waals surface area (Å²) in [5.41, 5.74) is -3.76. The summed E-state index contributed by atoms with van der Waals surface area (Å²) in [5.74, 6) is 6.94. The number of sulfonamides is 1. The van der Waals surface area contributed by atoms with Crippen LogP contribution in [0.1, 0.15) is 43.9 Å². The van der Waals surface area contributed by atoms with Gasteiger partial charge in [-0.05, 0) is 68.4 Å². The number of hydrogen-bond acceptors (Lipinski definition) is 5. The van der Waals surface area contributed by atoms with Gasteiger partial charge in [-0.3, -0.25) is 10.1 Å². The first-order valence-electron chi connectivity index (χ1n) is 10.8. The molecule has 0 aromatic heterocycles. The number of rotatable bonds is 7. The van der Waals surface area contributed by atoms with Gasteiger partial charge in [-0.25, -0.2) is 5.01 Å². The summed E-state index contributed by atoms with van der Waals surface area (Å²) < 4.78 is 69.4. The molecule has 6 nitrogen and oxygen atoms in total. The molecule has 0 spiro atoms. The van der Waals surface area contributed by atoms with E-state index in [1.807, 2.05) is 44.2 Å². The number of anilines is 1. The maximum atomic E-state index is 13.1. The van der Waals surface area contributed by atoms with E-state index in [2.05, 4.69) is 0 Å². The van der Waals surface area contributed by atoms with Crippen LogP contribution in [0.2, 0.25) is 0 Å². The van der Waals surface area contributed by atoms with Crippen molar-refractivity contribution in [2.75, 3.05) is 17.9 Å². The Kier molecular flexibility index (Phi) is 7.60. The Labute approximate surface area is 193 Å². The monoisotopic (exact) mass is 485 g/mol. The van der Waals surface area contributed by atoms with Gasteiger partial charge < -0.3 is 4.74 Å². The molecule has 2 N–H and O–H groups in total. The molecule has 0 amide bonds. The molecule has 0 saturated carbocycles. The van der Waals surface area contributed by atoms with Crippen molar-refractivity contribution in [2.45, 2.75) is 50.8 Å². The van der Waals surface area contributed by atoms with Crippen LogP contribution >= 0.6 is 0 Å². The Bertz CT molecular complexity index is 1050. The minimum atomic E-state index is -5.51. The predicted octanol–water partition coefficient (Wildman–Crippen LogP) is 4.63. The number of hydrogen-bond donors (Lipinski definition) is 1. The zero-order valence-corrected chi connectivity index (χ0v) is 19.7. The molecule has 2 aromatic carbocycles. The lowest BCUT2D eigenvalue weighted by molar-refractivity contribution is -0.0437. The molecule has 1 fully saturated rings. The average molecular weight is 486 g/mol. The molecular weight excluding hydrogens is 455 g/mol. The summed E-state index contributed by atoms with van der Waals surface area (Å²) in [7, 11) is -4.61.